The number of carbonyl (C=O) groups excluding carboxylic acids is 1. The fraction of sp³-hybridized carbons (Fsp3) is 0.231. The van der Waals surface area contributed by atoms with E-state index in [-0.39, 0.29) is 23.2 Å². The van der Waals surface area contributed by atoms with E-state index in [0.29, 0.717) is 11.3 Å². The smallest absolute Gasteiger partial charge is 0.360 e. The Labute approximate surface area is 114 Å². The van der Waals surface area contributed by atoms with Crippen molar-refractivity contribution in [3.05, 3.63) is 40.5 Å². The summed E-state index contributed by atoms with van der Waals surface area (Å²) >= 11 is 5.91. The Hall–Kier alpha value is -1.88. The molecular formula is C13H11ClFNO3. The summed E-state index contributed by atoms with van der Waals surface area (Å²) in [6, 6.07) is 3.84. The van der Waals surface area contributed by atoms with Crippen LogP contribution in [-0.4, -0.2) is 17.6 Å². The summed E-state index contributed by atoms with van der Waals surface area (Å²) < 4.78 is 23.2. The standard InChI is InChI=1S/C13H11ClFNO3/c1-3-18-13(17)11-7(2)19-12(16-11)9-5-4-8(15)6-10(9)14/h4-6H,3H2,1-2H3. The molecule has 0 amide bonds. The highest BCUT2D eigenvalue weighted by molar-refractivity contribution is 6.33. The molecule has 6 heteroatoms. The molecule has 0 atom stereocenters. The Morgan fingerprint density at radius 3 is 2.89 bits per heavy atom. The number of rotatable bonds is 3. The second kappa shape index (κ2) is 5.40. The molecule has 0 saturated heterocycles. The van der Waals surface area contributed by atoms with E-state index in [4.69, 9.17) is 20.8 Å². The molecule has 1 aromatic carbocycles. The topological polar surface area (TPSA) is 52.3 Å². The van der Waals surface area contributed by atoms with Crippen molar-refractivity contribution in [1.82, 2.24) is 4.98 Å². The van der Waals surface area contributed by atoms with E-state index in [0.717, 1.165) is 6.07 Å². The average molecular weight is 284 g/mol. The van der Waals surface area contributed by atoms with Crippen LogP contribution in [0.4, 0.5) is 4.39 Å². The number of halogens is 2. The Balaban J connectivity index is 2.42. The summed E-state index contributed by atoms with van der Waals surface area (Å²) in [5.74, 6) is -0.532. The van der Waals surface area contributed by atoms with Crippen molar-refractivity contribution in [3.8, 4) is 11.5 Å². The third-order valence-corrected chi connectivity index (χ3v) is 2.74. The van der Waals surface area contributed by atoms with Crippen LogP contribution in [0.3, 0.4) is 0 Å². The first-order chi connectivity index (χ1) is 9.02. The summed E-state index contributed by atoms with van der Waals surface area (Å²) in [4.78, 5) is 15.7. The second-order valence-corrected chi connectivity index (χ2v) is 4.18. The maximum Gasteiger partial charge on any atom is 0.360 e. The second-order valence-electron chi connectivity index (χ2n) is 3.77. The fourth-order valence-electron chi connectivity index (χ4n) is 1.56. The molecule has 0 bridgehead atoms. The molecule has 0 spiro atoms. The largest absolute Gasteiger partial charge is 0.461 e. The lowest BCUT2D eigenvalue weighted by molar-refractivity contribution is 0.0518. The van der Waals surface area contributed by atoms with Gasteiger partial charge in [-0.3, -0.25) is 0 Å². The maximum absolute atomic E-state index is 13.0. The molecule has 0 fully saturated rings. The van der Waals surface area contributed by atoms with Crippen LogP contribution in [0.1, 0.15) is 23.2 Å². The summed E-state index contributed by atoms with van der Waals surface area (Å²) in [7, 11) is 0. The molecule has 0 aliphatic rings. The number of aryl methyl sites for hydroxylation is 1. The molecule has 2 aromatic rings. The van der Waals surface area contributed by atoms with Gasteiger partial charge in [0.15, 0.2) is 5.69 Å². The number of nitrogens with zero attached hydrogens (tertiary/aromatic N) is 1. The number of aromatic nitrogens is 1. The molecule has 0 radical (unpaired) electrons. The predicted octanol–water partition coefficient (Wildman–Crippen LogP) is 3.62. The van der Waals surface area contributed by atoms with Gasteiger partial charge in [-0.15, -0.1) is 0 Å². The Bertz CT molecular complexity index is 624. The van der Waals surface area contributed by atoms with E-state index in [1.165, 1.54) is 12.1 Å². The molecular weight excluding hydrogens is 273 g/mol. The van der Waals surface area contributed by atoms with Gasteiger partial charge < -0.3 is 9.15 Å². The zero-order valence-electron chi connectivity index (χ0n) is 10.4. The molecule has 0 aliphatic heterocycles. The zero-order valence-corrected chi connectivity index (χ0v) is 11.1. The van der Waals surface area contributed by atoms with Gasteiger partial charge in [0.2, 0.25) is 5.89 Å². The minimum absolute atomic E-state index is 0.0947. The normalized spacial score (nSPS) is 10.5. The molecule has 100 valence electrons. The van der Waals surface area contributed by atoms with Gasteiger partial charge in [-0.1, -0.05) is 11.6 Å². The van der Waals surface area contributed by atoms with Crippen molar-refractivity contribution >= 4 is 17.6 Å². The minimum Gasteiger partial charge on any atom is -0.461 e. The van der Waals surface area contributed by atoms with E-state index >= 15 is 0 Å². The van der Waals surface area contributed by atoms with E-state index in [9.17, 15) is 9.18 Å². The number of benzene rings is 1. The Morgan fingerprint density at radius 2 is 2.26 bits per heavy atom. The third kappa shape index (κ3) is 2.76. The highest BCUT2D eigenvalue weighted by Gasteiger charge is 2.20. The van der Waals surface area contributed by atoms with Gasteiger partial charge in [0.1, 0.15) is 11.6 Å². The van der Waals surface area contributed by atoms with Crippen LogP contribution in [0.15, 0.2) is 22.6 Å². The van der Waals surface area contributed by atoms with Crippen LogP contribution < -0.4 is 0 Å². The quantitative estimate of drug-likeness (QED) is 0.807. The van der Waals surface area contributed by atoms with Crippen LogP contribution in [-0.2, 0) is 4.74 Å². The summed E-state index contributed by atoms with van der Waals surface area (Å²) in [5.41, 5.74) is 0.513. The number of oxazole rings is 1. The van der Waals surface area contributed by atoms with Crippen molar-refractivity contribution in [1.29, 1.82) is 0 Å². The van der Waals surface area contributed by atoms with Crippen LogP contribution >= 0.6 is 11.6 Å². The van der Waals surface area contributed by atoms with Crippen molar-refractivity contribution in [3.63, 3.8) is 0 Å². The van der Waals surface area contributed by atoms with E-state index in [2.05, 4.69) is 4.98 Å². The Kier molecular flexibility index (Phi) is 3.85. The molecule has 2 rings (SSSR count). The average Bonchev–Trinajstić information content (AvgIpc) is 2.71. The van der Waals surface area contributed by atoms with Crippen molar-refractivity contribution in [2.24, 2.45) is 0 Å². The Morgan fingerprint density at radius 1 is 1.53 bits per heavy atom. The number of esters is 1. The van der Waals surface area contributed by atoms with Gasteiger partial charge in [0.05, 0.1) is 17.2 Å². The van der Waals surface area contributed by atoms with Crippen molar-refractivity contribution < 1.29 is 18.3 Å². The van der Waals surface area contributed by atoms with E-state index < -0.39 is 11.8 Å². The SMILES string of the molecule is CCOC(=O)c1nc(-c2ccc(F)cc2Cl)oc1C. The molecule has 0 aliphatic carbocycles. The van der Waals surface area contributed by atoms with Crippen molar-refractivity contribution in [2.45, 2.75) is 13.8 Å². The van der Waals surface area contributed by atoms with Gasteiger partial charge in [-0.25, -0.2) is 14.2 Å². The summed E-state index contributed by atoms with van der Waals surface area (Å²) in [6.07, 6.45) is 0. The highest BCUT2D eigenvalue weighted by atomic mass is 35.5. The molecule has 0 unspecified atom stereocenters. The molecule has 1 aromatic heterocycles. The highest BCUT2D eigenvalue weighted by Crippen LogP contribution is 2.29. The van der Waals surface area contributed by atoms with E-state index in [1.54, 1.807) is 13.8 Å². The van der Waals surface area contributed by atoms with Crippen LogP contribution in [0, 0.1) is 12.7 Å². The number of carbonyl (C=O) groups is 1. The first-order valence-corrected chi connectivity index (χ1v) is 6.00. The van der Waals surface area contributed by atoms with Gasteiger partial charge in [0, 0.05) is 0 Å². The molecule has 0 saturated carbocycles. The number of hydrogen-bond acceptors (Lipinski definition) is 4. The van der Waals surface area contributed by atoms with Gasteiger partial charge in [-0.05, 0) is 32.0 Å². The predicted molar refractivity (Wildman–Crippen MR) is 67.6 cm³/mol. The van der Waals surface area contributed by atoms with Crippen LogP contribution in [0.2, 0.25) is 5.02 Å². The molecule has 4 nitrogen and oxygen atoms in total. The zero-order chi connectivity index (χ0) is 14.0. The fourth-order valence-corrected chi connectivity index (χ4v) is 1.81. The minimum atomic E-state index is -0.562. The molecule has 1 heterocycles. The van der Waals surface area contributed by atoms with Gasteiger partial charge in [-0.2, -0.15) is 0 Å². The third-order valence-electron chi connectivity index (χ3n) is 2.43. The first-order valence-electron chi connectivity index (χ1n) is 5.63. The van der Waals surface area contributed by atoms with Crippen LogP contribution in [0.5, 0.6) is 0 Å². The lowest BCUT2D eigenvalue weighted by Gasteiger charge is -1.98. The first kappa shape index (κ1) is 13.5. The summed E-state index contributed by atoms with van der Waals surface area (Å²) in [5, 5.41) is 0.164. The van der Waals surface area contributed by atoms with Gasteiger partial charge >= 0.3 is 5.97 Å². The maximum atomic E-state index is 13.0. The molecule has 19 heavy (non-hydrogen) atoms. The monoisotopic (exact) mass is 283 g/mol. The van der Waals surface area contributed by atoms with E-state index in [1.807, 2.05) is 0 Å². The number of hydrogen-bond donors (Lipinski definition) is 0. The lowest BCUT2D eigenvalue weighted by Crippen LogP contribution is -2.06. The lowest BCUT2D eigenvalue weighted by atomic mass is 10.2. The summed E-state index contributed by atoms with van der Waals surface area (Å²) in [6.45, 7) is 3.54. The number of ether oxygens (including phenoxy) is 1. The van der Waals surface area contributed by atoms with Gasteiger partial charge in [0.25, 0.3) is 0 Å². The van der Waals surface area contributed by atoms with Crippen LogP contribution in [0.25, 0.3) is 11.5 Å². The molecule has 0 N–H and O–H groups in total. The van der Waals surface area contributed by atoms with Crippen molar-refractivity contribution in [2.75, 3.05) is 6.61 Å².